The Morgan fingerprint density at radius 3 is 2.68 bits per heavy atom. The summed E-state index contributed by atoms with van der Waals surface area (Å²) in [7, 11) is 0. The topological polar surface area (TPSA) is 72.6 Å². The van der Waals surface area contributed by atoms with E-state index in [1.165, 1.54) is 0 Å². The molecule has 5 heteroatoms. The second-order valence-corrected chi connectivity index (χ2v) is 4.37. The van der Waals surface area contributed by atoms with Crippen molar-refractivity contribution in [2.45, 2.75) is 27.4 Å². The van der Waals surface area contributed by atoms with Crippen LogP contribution in [-0.2, 0) is 6.61 Å². The normalized spacial score (nSPS) is 10.5. The monoisotopic (exact) mass is 261 g/mol. The second-order valence-electron chi connectivity index (χ2n) is 4.37. The highest BCUT2D eigenvalue weighted by molar-refractivity contribution is 5.86. The van der Waals surface area contributed by atoms with Gasteiger partial charge in [0.05, 0.1) is 0 Å². The lowest BCUT2D eigenvalue weighted by atomic mass is 10.1. The van der Waals surface area contributed by atoms with Crippen LogP contribution in [0.1, 0.15) is 32.9 Å². The van der Waals surface area contributed by atoms with Crippen molar-refractivity contribution < 1.29 is 19.1 Å². The maximum Gasteiger partial charge on any atom is 0.358 e. The van der Waals surface area contributed by atoms with Crippen LogP contribution < -0.4 is 4.74 Å². The van der Waals surface area contributed by atoms with E-state index >= 15 is 0 Å². The number of aromatic nitrogens is 1. The molecule has 19 heavy (non-hydrogen) atoms. The highest BCUT2D eigenvalue weighted by atomic mass is 16.5. The summed E-state index contributed by atoms with van der Waals surface area (Å²) < 4.78 is 10.7. The Labute approximate surface area is 110 Å². The molecule has 0 aliphatic carbocycles. The van der Waals surface area contributed by atoms with E-state index in [1.54, 1.807) is 0 Å². The first kappa shape index (κ1) is 13.1. The SMILES string of the molecule is Cc1ccc(C)c(OCc2ocnc2C(=O)O)c1C. The summed E-state index contributed by atoms with van der Waals surface area (Å²) in [6.45, 7) is 5.96. The average molecular weight is 261 g/mol. The molecule has 0 aliphatic heterocycles. The van der Waals surface area contributed by atoms with E-state index in [-0.39, 0.29) is 18.1 Å². The molecule has 1 N–H and O–H groups in total. The number of ether oxygens (including phenoxy) is 1. The zero-order chi connectivity index (χ0) is 14.0. The van der Waals surface area contributed by atoms with Crippen LogP contribution in [0.15, 0.2) is 22.9 Å². The van der Waals surface area contributed by atoms with E-state index in [0.29, 0.717) is 0 Å². The zero-order valence-electron chi connectivity index (χ0n) is 11.1. The van der Waals surface area contributed by atoms with Gasteiger partial charge in [-0.1, -0.05) is 12.1 Å². The Morgan fingerprint density at radius 1 is 1.32 bits per heavy atom. The van der Waals surface area contributed by atoms with Gasteiger partial charge in [0.25, 0.3) is 0 Å². The Bertz CT molecular complexity index is 616. The van der Waals surface area contributed by atoms with Crippen molar-refractivity contribution in [1.82, 2.24) is 4.98 Å². The Balaban J connectivity index is 2.22. The van der Waals surface area contributed by atoms with Gasteiger partial charge in [-0.2, -0.15) is 0 Å². The zero-order valence-corrected chi connectivity index (χ0v) is 11.1. The van der Waals surface area contributed by atoms with Crippen LogP contribution in [0.25, 0.3) is 0 Å². The lowest BCUT2D eigenvalue weighted by Crippen LogP contribution is -2.05. The molecule has 0 unspecified atom stereocenters. The molecule has 1 heterocycles. The molecule has 0 bridgehead atoms. The van der Waals surface area contributed by atoms with Crippen LogP contribution in [0, 0.1) is 20.8 Å². The Morgan fingerprint density at radius 2 is 2.00 bits per heavy atom. The van der Waals surface area contributed by atoms with Gasteiger partial charge >= 0.3 is 5.97 Å². The number of carbonyl (C=O) groups is 1. The number of carboxylic acid groups (broad SMARTS) is 1. The molecule has 1 aromatic heterocycles. The van der Waals surface area contributed by atoms with Gasteiger partial charge in [-0.15, -0.1) is 0 Å². The third-order valence-corrected chi connectivity index (χ3v) is 3.06. The van der Waals surface area contributed by atoms with Gasteiger partial charge in [0.1, 0.15) is 12.4 Å². The van der Waals surface area contributed by atoms with Crippen LogP contribution in [0.5, 0.6) is 5.75 Å². The molecule has 0 saturated carbocycles. The summed E-state index contributed by atoms with van der Waals surface area (Å²) in [6, 6.07) is 3.99. The number of hydrogen-bond acceptors (Lipinski definition) is 4. The third kappa shape index (κ3) is 2.59. The fourth-order valence-corrected chi connectivity index (χ4v) is 1.83. The smallest absolute Gasteiger partial charge is 0.358 e. The predicted octanol–water partition coefficient (Wildman–Crippen LogP) is 2.88. The van der Waals surface area contributed by atoms with Crippen LogP contribution in [0.3, 0.4) is 0 Å². The van der Waals surface area contributed by atoms with E-state index in [9.17, 15) is 4.79 Å². The van der Waals surface area contributed by atoms with Crippen molar-refractivity contribution in [3.8, 4) is 5.75 Å². The van der Waals surface area contributed by atoms with Crippen LogP contribution in [0.2, 0.25) is 0 Å². The first-order valence-electron chi connectivity index (χ1n) is 5.86. The molecule has 0 amide bonds. The lowest BCUT2D eigenvalue weighted by Gasteiger charge is -2.13. The van der Waals surface area contributed by atoms with Crippen molar-refractivity contribution in [3.63, 3.8) is 0 Å². The summed E-state index contributed by atoms with van der Waals surface area (Å²) in [4.78, 5) is 14.5. The van der Waals surface area contributed by atoms with Gasteiger partial charge in [0, 0.05) is 0 Å². The minimum atomic E-state index is -1.12. The maximum absolute atomic E-state index is 10.9. The minimum absolute atomic E-state index is 0.0484. The summed E-state index contributed by atoms with van der Waals surface area (Å²) >= 11 is 0. The van der Waals surface area contributed by atoms with E-state index in [2.05, 4.69) is 4.98 Å². The first-order valence-corrected chi connectivity index (χ1v) is 5.86. The Hall–Kier alpha value is -2.30. The minimum Gasteiger partial charge on any atom is -0.485 e. The number of nitrogens with zero attached hydrogens (tertiary/aromatic N) is 1. The van der Waals surface area contributed by atoms with E-state index in [4.69, 9.17) is 14.3 Å². The molecule has 0 saturated heterocycles. The van der Waals surface area contributed by atoms with E-state index < -0.39 is 5.97 Å². The van der Waals surface area contributed by atoms with Gasteiger partial charge < -0.3 is 14.3 Å². The van der Waals surface area contributed by atoms with E-state index in [1.807, 2.05) is 32.9 Å². The number of rotatable bonds is 4. The molecule has 5 nitrogen and oxygen atoms in total. The largest absolute Gasteiger partial charge is 0.485 e. The van der Waals surface area contributed by atoms with Crippen molar-refractivity contribution in [2.75, 3.05) is 0 Å². The van der Waals surface area contributed by atoms with Gasteiger partial charge in [-0.25, -0.2) is 9.78 Å². The molecule has 100 valence electrons. The van der Waals surface area contributed by atoms with Crippen LogP contribution in [-0.4, -0.2) is 16.1 Å². The number of hydrogen-bond donors (Lipinski definition) is 1. The van der Waals surface area contributed by atoms with E-state index in [0.717, 1.165) is 28.8 Å². The molecular weight excluding hydrogens is 246 g/mol. The summed E-state index contributed by atoms with van der Waals surface area (Å²) in [5.74, 6) is -0.148. The van der Waals surface area contributed by atoms with Crippen molar-refractivity contribution in [3.05, 3.63) is 46.7 Å². The molecule has 0 radical (unpaired) electrons. The highest BCUT2D eigenvalue weighted by Gasteiger charge is 2.16. The summed E-state index contributed by atoms with van der Waals surface area (Å²) in [6.07, 6.45) is 1.11. The van der Waals surface area contributed by atoms with Gasteiger partial charge in [0.15, 0.2) is 17.8 Å². The number of carboxylic acids is 1. The standard InChI is InChI=1S/C14H15NO4/c1-8-4-5-9(2)13(10(8)3)18-6-11-12(14(16)17)15-7-19-11/h4-5,7H,6H2,1-3H3,(H,16,17). The number of oxazole rings is 1. The lowest BCUT2D eigenvalue weighted by molar-refractivity contribution is 0.0686. The van der Waals surface area contributed by atoms with Crippen molar-refractivity contribution >= 4 is 5.97 Å². The average Bonchev–Trinajstić information content (AvgIpc) is 2.82. The predicted molar refractivity (Wildman–Crippen MR) is 68.4 cm³/mol. The molecular formula is C14H15NO4. The fourth-order valence-electron chi connectivity index (χ4n) is 1.83. The first-order chi connectivity index (χ1) is 9.00. The molecule has 2 rings (SSSR count). The summed E-state index contributed by atoms with van der Waals surface area (Å²) in [5, 5.41) is 8.93. The highest BCUT2D eigenvalue weighted by Crippen LogP contribution is 2.26. The molecule has 0 atom stereocenters. The molecule has 0 spiro atoms. The molecule has 1 aromatic carbocycles. The summed E-state index contributed by atoms with van der Waals surface area (Å²) in [5.41, 5.74) is 3.05. The van der Waals surface area contributed by atoms with Gasteiger partial charge in [-0.05, 0) is 37.5 Å². The molecule has 0 aliphatic rings. The number of aromatic carboxylic acids is 1. The van der Waals surface area contributed by atoms with Gasteiger partial charge in [0.2, 0.25) is 0 Å². The van der Waals surface area contributed by atoms with Crippen molar-refractivity contribution in [1.29, 1.82) is 0 Å². The maximum atomic E-state index is 10.9. The van der Waals surface area contributed by atoms with Crippen molar-refractivity contribution in [2.24, 2.45) is 0 Å². The molecule has 0 fully saturated rings. The third-order valence-electron chi connectivity index (χ3n) is 3.06. The quantitative estimate of drug-likeness (QED) is 0.916. The van der Waals surface area contributed by atoms with Gasteiger partial charge in [-0.3, -0.25) is 0 Å². The van der Waals surface area contributed by atoms with Crippen LogP contribution in [0.4, 0.5) is 0 Å². The second kappa shape index (κ2) is 5.14. The Kier molecular flexibility index (Phi) is 3.55. The number of benzene rings is 1. The number of aryl methyl sites for hydroxylation is 2. The molecule has 2 aromatic rings. The van der Waals surface area contributed by atoms with Crippen LogP contribution >= 0.6 is 0 Å². The fraction of sp³-hybridized carbons (Fsp3) is 0.286.